The number of benzene rings is 1. The second-order valence-electron chi connectivity index (χ2n) is 9.30. The van der Waals surface area contributed by atoms with Crippen molar-refractivity contribution >= 4 is 39.4 Å². The van der Waals surface area contributed by atoms with Gasteiger partial charge in [-0.15, -0.1) is 0 Å². The second-order valence-corrected chi connectivity index (χ2v) is 9.30. The standard InChI is InChI=1S/C21H20FN5O3.C6H13NO/c1-23-20(29)16-17(28)12-11-13(22)19(26-7-9-30-10-8-26)24-18(12)27-15-6-4-3-5-14(15)25(2)21(16)27;1-2-7-3-5-8-6-4-7/h3-6,11H,7-10H2,1-2H3,(H,23,29);2-6H2,1H3. The van der Waals surface area contributed by atoms with E-state index in [2.05, 4.69) is 22.1 Å². The third-order valence-corrected chi connectivity index (χ3v) is 7.17. The van der Waals surface area contributed by atoms with Crippen LogP contribution in [0.5, 0.6) is 0 Å². The number of carbonyl (C=O) groups excluding carboxylic acids is 1. The number of rotatable bonds is 3. The number of pyridine rings is 2. The number of imidazole rings is 1. The minimum absolute atomic E-state index is 0.0379. The van der Waals surface area contributed by atoms with Crippen LogP contribution in [0.25, 0.3) is 27.7 Å². The van der Waals surface area contributed by atoms with Crippen molar-refractivity contribution in [3.05, 3.63) is 51.9 Å². The van der Waals surface area contributed by atoms with Crippen molar-refractivity contribution in [3.63, 3.8) is 0 Å². The van der Waals surface area contributed by atoms with Gasteiger partial charge in [-0.1, -0.05) is 19.1 Å². The molecule has 4 aromatic rings. The molecule has 2 saturated heterocycles. The summed E-state index contributed by atoms with van der Waals surface area (Å²) in [7, 11) is 3.26. The Kier molecular flexibility index (Phi) is 7.59. The molecule has 11 heteroatoms. The zero-order chi connectivity index (χ0) is 26.8. The number of likely N-dealkylation sites (N-methyl/N-ethyl adjacent to an activating group) is 1. The van der Waals surface area contributed by atoms with E-state index in [1.54, 1.807) is 16.0 Å². The van der Waals surface area contributed by atoms with Crippen molar-refractivity contribution in [2.45, 2.75) is 6.92 Å². The lowest BCUT2D eigenvalue weighted by molar-refractivity contribution is 0.0405. The molecule has 0 atom stereocenters. The van der Waals surface area contributed by atoms with Gasteiger partial charge < -0.3 is 24.3 Å². The molecule has 202 valence electrons. The zero-order valence-electron chi connectivity index (χ0n) is 22.0. The molecule has 2 aliphatic rings. The SMILES string of the molecule is CCN1CCOCC1.CNC(=O)c1c(=O)c2cc(F)c(N3CCOCC3)nc2n2c3ccccc3n(C)c12. The molecule has 0 unspecified atom stereocenters. The van der Waals surface area contributed by atoms with E-state index in [-0.39, 0.29) is 16.8 Å². The van der Waals surface area contributed by atoms with Gasteiger partial charge in [0.15, 0.2) is 17.3 Å². The minimum atomic E-state index is -0.593. The number of nitrogens with one attached hydrogen (secondary N) is 1. The van der Waals surface area contributed by atoms with Crippen LogP contribution in [0.2, 0.25) is 0 Å². The molecule has 38 heavy (non-hydrogen) atoms. The quantitative estimate of drug-likeness (QED) is 0.438. The van der Waals surface area contributed by atoms with Crippen LogP contribution in [-0.2, 0) is 16.5 Å². The Hall–Kier alpha value is -3.54. The summed E-state index contributed by atoms with van der Waals surface area (Å²) in [5.74, 6) is -0.938. The number of morpholine rings is 2. The molecule has 0 spiro atoms. The van der Waals surface area contributed by atoms with Crippen LogP contribution in [0.15, 0.2) is 35.1 Å². The Bertz CT molecular complexity index is 1540. The van der Waals surface area contributed by atoms with Crippen molar-refractivity contribution in [2.24, 2.45) is 7.05 Å². The molecule has 1 aromatic carbocycles. The zero-order valence-corrected chi connectivity index (χ0v) is 22.0. The van der Waals surface area contributed by atoms with Gasteiger partial charge in [0, 0.05) is 40.3 Å². The molecular formula is C27H33FN6O4. The summed E-state index contributed by atoms with van der Waals surface area (Å²) < 4.78 is 29.1. The third-order valence-electron chi connectivity index (χ3n) is 7.17. The molecular weight excluding hydrogens is 491 g/mol. The smallest absolute Gasteiger partial charge is 0.258 e. The van der Waals surface area contributed by atoms with Crippen LogP contribution >= 0.6 is 0 Å². The number of hydrogen-bond acceptors (Lipinski definition) is 7. The van der Waals surface area contributed by atoms with Gasteiger partial charge in [-0.2, -0.15) is 0 Å². The Balaban J connectivity index is 0.000000316. The number of anilines is 1. The Morgan fingerprint density at radius 2 is 1.68 bits per heavy atom. The fraction of sp³-hybridized carbons (Fsp3) is 0.444. The van der Waals surface area contributed by atoms with Gasteiger partial charge >= 0.3 is 0 Å². The second kappa shape index (κ2) is 11.1. The molecule has 5 heterocycles. The van der Waals surface area contributed by atoms with E-state index in [1.807, 2.05) is 29.2 Å². The molecule has 10 nitrogen and oxygen atoms in total. The summed E-state index contributed by atoms with van der Waals surface area (Å²) in [6.45, 7) is 9.44. The highest BCUT2D eigenvalue weighted by atomic mass is 19.1. The van der Waals surface area contributed by atoms with E-state index in [4.69, 9.17) is 9.47 Å². The number of aromatic nitrogens is 3. The molecule has 3 aromatic heterocycles. The average molecular weight is 525 g/mol. The van der Waals surface area contributed by atoms with Gasteiger partial charge in [0.25, 0.3) is 5.91 Å². The van der Waals surface area contributed by atoms with Crippen molar-refractivity contribution in [1.29, 1.82) is 0 Å². The molecule has 1 N–H and O–H groups in total. The van der Waals surface area contributed by atoms with Gasteiger partial charge in [0.2, 0.25) is 5.43 Å². The van der Waals surface area contributed by atoms with Gasteiger partial charge in [-0.05, 0) is 24.7 Å². The third kappa shape index (κ3) is 4.61. The highest BCUT2D eigenvalue weighted by Gasteiger charge is 2.26. The number of aryl methyl sites for hydroxylation is 1. The number of hydrogen-bond donors (Lipinski definition) is 1. The molecule has 0 saturated carbocycles. The predicted molar refractivity (Wildman–Crippen MR) is 145 cm³/mol. The van der Waals surface area contributed by atoms with Crippen LogP contribution in [-0.4, -0.2) is 91.0 Å². The molecule has 1 amide bonds. The van der Waals surface area contributed by atoms with Crippen molar-refractivity contribution in [1.82, 2.24) is 24.2 Å². The van der Waals surface area contributed by atoms with Crippen LogP contribution in [0.4, 0.5) is 10.2 Å². The first-order valence-electron chi connectivity index (χ1n) is 12.9. The fourth-order valence-corrected chi connectivity index (χ4v) is 5.10. The highest BCUT2D eigenvalue weighted by Crippen LogP contribution is 2.28. The Morgan fingerprint density at radius 3 is 2.29 bits per heavy atom. The molecule has 0 bridgehead atoms. The maximum absolute atomic E-state index is 15.0. The summed E-state index contributed by atoms with van der Waals surface area (Å²) in [5.41, 5.74) is 1.76. The highest BCUT2D eigenvalue weighted by molar-refractivity contribution is 6.05. The molecule has 0 aliphatic carbocycles. The molecule has 6 rings (SSSR count). The van der Waals surface area contributed by atoms with E-state index in [0.29, 0.717) is 37.6 Å². The topological polar surface area (TPSA) is 93.3 Å². The van der Waals surface area contributed by atoms with Crippen LogP contribution < -0.4 is 15.6 Å². The number of ether oxygens (including phenoxy) is 2. The van der Waals surface area contributed by atoms with Crippen molar-refractivity contribution < 1.29 is 18.7 Å². The summed E-state index contributed by atoms with van der Waals surface area (Å²) in [6.07, 6.45) is 0. The lowest BCUT2D eigenvalue weighted by atomic mass is 10.1. The minimum Gasteiger partial charge on any atom is -0.379 e. The average Bonchev–Trinajstić information content (AvgIpc) is 3.26. The lowest BCUT2D eigenvalue weighted by Crippen LogP contribution is -2.37. The number of carbonyl (C=O) groups is 1. The lowest BCUT2D eigenvalue weighted by Gasteiger charge is -2.28. The largest absolute Gasteiger partial charge is 0.379 e. The van der Waals surface area contributed by atoms with E-state index in [0.717, 1.165) is 37.3 Å². The van der Waals surface area contributed by atoms with Gasteiger partial charge in [-0.25, -0.2) is 9.37 Å². The number of nitrogens with zero attached hydrogens (tertiary/aromatic N) is 5. The maximum Gasteiger partial charge on any atom is 0.258 e. The maximum atomic E-state index is 15.0. The van der Waals surface area contributed by atoms with E-state index < -0.39 is 17.2 Å². The first-order chi connectivity index (χ1) is 18.5. The summed E-state index contributed by atoms with van der Waals surface area (Å²) in [6, 6.07) is 8.74. The predicted octanol–water partition coefficient (Wildman–Crippen LogP) is 2.01. The van der Waals surface area contributed by atoms with Crippen molar-refractivity contribution in [3.8, 4) is 0 Å². The fourth-order valence-electron chi connectivity index (χ4n) is 5.10. The van der Waals surface area contributed by atoms with Gasteiger partial charge in [0.05, 0.1) is 42.8 Å². The van der Waals surface area contributed by atoms with Crippen LogP contribution in [0.1, 0.15) is 17.3 Å². The first-order valence-corrected chi connectivity index (χ1v) is 12.9. The van der Waals surface area contributed by atoms with Crippen LogP contribution in [0.3, 0.4) is 0 Å². The van der Waals surface area contributed by atoms with Crippen molar-refractivity contribution in [2.75, 3.05) is 71.1 Å². The number of halogens is 1. The van der Waals surface area contributed by atoms with Gasteiger partial charge in [0.1, 0.15) is 11.2 Å². The Labute approximate surface area is 219 Å². The normalized spacial score (nSPS) is 16.6. The monoisotopic (exact) mass is 524 g/mol. The van der Waals surface area contributed by atoms with E-state index in [9.17, 15) is 9.59 Å². The number of fused-ring (bicyclic) bond motifs is 5. The van der Waals surface area contributed by atoms with E-state index >= 15 is 4.39 Å². The summed E-state index contributed by atoms with van der Waals surface area (Å²) in [4.78, 5) is 34.7. The van der Waals surface area contributed by atoms with Gasteiger partial charge in [-0.3, -0.25) is 18.9 Å². The molecule has 2 aliphatic heterocycles. The van der Waals surface area contributed by atoms with Crippen LogP contribution in [0, 0.1) is 5.82 Å². The van der Waals surface area contributed by atoms with E-state index in [1.165, 1.54) is 19.7 Å². The Morgan fingerprint density at radius 1 is 1.05 bits per heavy atom. The molecule has 2 fully saturated rings. The first kappa shape index (κ1) is 26.1. The molecule has 0 radical (unpaired) electrons. The summed E-state index contributed by atoms with van der Waals surface area (Å²) >= 11 is 0. The summed E-state index contributed by atoms with van der Waals surface area (Å²) in [5, 5.41) is 2.59. The number of para-hydroxylation sites is 2. The number of amides is 1.